The first-order valence-electron chi connectivity index (χ1n) is 6.71. The number of rotatable bonds is 5. The van der Waals surface area contributed by atoms with Crippen molar-refractivity contribution in [3.8, 4) is 5.69 Å². The van der Waals surface area contributed by atoms with Crippen molar-refractivity contribution in [2.75, 3.05) is 0 Å². The average molecular weight is 341 g/mol. The van der Waals surface area contributed by atoms with E-state index in [4.69, 9.17) is 16.7 Å². The van der Waals surface area contributed by atoms with Gasteiger partial charge in [0.2, 0.25) is 0 Å². The van der Waals surface area contributed by atoms with Gasteiger partial charge in [0.15, 0.2) is 11.5 Å². The molecule has 1 atom stereocenters. The summed E-state index contributed by atoms with van der Waals surface area (Å²) in [4.78, 5) is 23.1. The first-order chi connectivity index (χ1) is 10.8. The Labute approximate surface area is 136 Å². The molecule has 0 aliphatic carbocycles. The number of hydrogen-bond acceptors (Lipinski definition) is 4. The molecule has 0 aliphatic heterocycles. The Kier molecular flexibility index (Phi) is 4.95. The van der Waals surface area contributed by atoms with Crippen molar-refractivity contribution < 1.29 is 19.1 Å². The van der Waals surface area contributed by atoms with Crippen molar-refractivity contribution in [3.05, 3.63) is 40.9 Å². The van der Waals surface area contributed by atoms with Crippen molar-refractivity contribution in [3.63, 3.8) is 0 Å². The fourth-order valence-corrected chi connectivity index (χ4v) is 2.05. The summed E-state index contributed by atoms with van der Waals surface area (Å²) in [6.45, 7) is 3.33. The fraction of sp³-hybridized carbons (Fsp3) is 0.286. The van der Waals surface area contributed by atoms with E-state index in [-0.39, 0.29) is 22.3 Å². The molecular weight excluding hydrogens is 327 g/mol. The van der Waals surface area contributed by atoms with Crippen LogP contribution in [0, 0.1) is 11.7 Å². The lowest BCUT2D eigenvalue weighted by Crippen LogP contribution is -2.44. The maximum atomic E-state index is 13.9. The van der Waals surface area contributed by atoms with Crippen molar-refractivity contribution >= 4 is 23.5 Å². The number of carboxylic acids is 1. The van der Waals surface area contributed by atoms with Gasteiger partial charge >= 0.3 is 5.97 Å². The van der Waals surface area contributed by atoms with Gasteiger partial charge in [-0.2, -0.15) is 0 Å². The summed E-state index contributed by atoms with van der Waals surface area (Å²) in [5, 5.41) is 18.6. The van der Waals surface area contributed by atoms with Crippen LogP contribution in [-0.2, 0) is 4.79 Å². The number of nitrogens with one attached hydrogen (secondary N) is 1. The molecule has 0 spiro atoms. The van der Waals surface area contributed by atoms with Gasteiger partial charge in [-0.25, -0.2) is 13.9 Å². The predicted octanol–water partition coefficient (Wildman–Crippen LogP) is 1.90. The Bertz CT molecular complexity index is 747. The second-order valence-corrected chi connectivity index (χ2v) is 5.56. The molecule has 2 aromatic rings. The number of carbonyl (C=O) groups excluding carboxylic acids is 1. The van der Waals surface area contributed by atoms with E-state index < -0.39 is 23.7 Å². The summed E-state index contributed by atoms with van der Waals surface area (Å²) < 4.78 is 15.0. The van der Waals surface area contributed by atoms with Crippen LogP contribution in [0.15, 0.2) is 24.4 Å². The Balaban J connectivity index is 2.23. The van der Waals surface area contributed by atoms with E-state index in [1.807, 2.05) is 0 Å². The van der Waals surface area contributed by atoms with Gasteiger partial charge in [0.25, 0.3) is 5.91 Å². The third-order valence-corrected chi connectivity index (χ3v) is 3.42. The lowest BCUT2D eigenvalue weighted by atomic mass is 10.0. The highest BCUT2D eigenvalue weighted by Crippen LogP contribution is 2.20. The van der Waals surface area contributed by atoms with Crippen LogP contribution in [0.1, 0.15) is 24.3 Å². The molecule has 1 heterocycles. The summed E-state index contributed by atoms with van der Waals surface area (Å²) >= 11 is 5.69. The second-order valence-electron chi connectivity index (χ2n) is 5.15. The minimum atomic E-state index is -1.15. The zero-order valence-electron chi connectivity index (χ0n) is 12.3. The predicted molar refractivity (Wildman–Crippen MR) is 80.1 cm³/mol. The number of hydrogen-bond donors (Lipinski definition) is 2. The normalized spacial score (nSPS) is 12.2. The van der Waals surface area contributed by atoms with E-state index in [0.29, 0.717) is 0 Å². The van der Waals surface area contributed by atoms with Gasteiger partial charge in [0.1, 0.15) is 11.7 Å². The molecule has 0 saturated carbocycles. The highest BCUT2D eigenvalue weighted by Gasteiger charge is 2.25. The van der Waals surface area contributed by atoms with E-state index in [0.717, 1.165) is 4.68 Å². The topological polar surface area (TPSA) is 97.1 Å². The van der Waals surface area contributed by atoms with Crippen molar-refractivity contribution in [1.29, 1.82) is 0 Å². The van der Waals surface area contributed by atoms with Crippen molar-refractivity contribution in [1.82, 2.24) is 20.3 Å². The average Bonchev–Trinajstić information content (AvgIpc) is 2.96. The molecule has 1 aromatic carbocycles. The number of aliphatic carboxylic acids is 1. The van der Waals surface area contributed by atoms with Gasteiger partial charge < -0.3 is 10.4 Å². The van der Waals surface area contributed by atoms with Crippen LogP contribution in [-0.4, -0.2) is 38.0 Å². The molecule has 1 unspecified atom stereocenters. The third kappa shape index (κ3) is 3.65. The lowest BCUT2D eigenvalue weighted by molar-refractivity contribution is -0.140. The van der Waals surface area contributed by atoms with Crippen LogP contribution in [0.2, 0.25) is 5.02 Å². The number of halogens is 2. The Morgan fingerprint density at radius 2 is 2.09 bits per heavy atom. The molecule has 1 aromatic heterocycles. The number of carbonyl (C=O) groups is 2. The summed E-state index contributed by atoms with van der Waals surface area (Å²) in [5.41, 5.74) is -0.0982. The van der Waals surface area contributed by atoms with Crippen LogP contribution in [0.4, 0.5) is 4.39 Å². The van der Waals surface area contributed by atoms with Crippen LogP contribution in [0.25, 0.3) is 5.69 Å². The molecule has 2 rings (SSSR count). The quantitative estimate of drug-likeness (QED) is 0.866. The number of carboxylic acid groups (broad SMARTS) is 1. The van der Waals surface area contributed by atoms with E-state index >= 15 is 0 Å². The highest BCUT2D eigenvalue weighted by molar-refractivity contribution is 6.30. The molecule has 23 heavy (non-hydrogen) atoms. The molecule has 2 N–H and O–H groups in total. The van der Waals surface area contributed by atoms with E-state index in [1.54, 1.807) is 13.8 Å². The van der Waals surface area contributed by atoms with Crippen LogP contribution in [0.3, 0.4) is 0 Å². The number of aromatic nitrogens is 3. The van der Waals surface area contributed by atoms with Gasteiger partial charge in [0.05, 0.1) is 11.2 Å². The molecule has 0 fully saturated rings. The summed E-state index contributed by atoms with van der Waals surface area (Å²) in [6, 6.07) is 3.27. The van der Waals surface area contributed by atoms with Crippen LogP contribution >= 0.6 is 11.6 Å². The SMILES string of the molecule is CC(C)C(NC(=O)c1cn(-c2cccc(Cl)c2F)nn1)C(=O)O. The van der Waals surface area contributed by atoms with Crippen molar-refractivity contribution in [2.45, 2.75) is 19.9 Å². The minimum Gasteiger partial charge on any atom is -0.480 e. The number of benzene rings is 1. The fourth-order valence-electron chi connectivity index (χ4n) is 1.88. The van der Waals surface area contributed by atoms with E-state index in [1.165, 1.54) is 24.4 Å². The summed E-state index contributed by atoms with van der Waals surface area (Å²) in [6.07, 6.45) is 1.20. The molecule has 0 radical (unpaired) electrons. The molecule has 9 heteroatoms. The molecule has 7 nitrogen and oxygen atoms in total. The minimum absolute atomic E-state index is 0.0303. The standard InChI is InChI=1S/C14H14ClFN4O3/c1-7(2)12(14(22)23)17-13(21)9-6-20(19-18-9)10-5-3-4-8(15)11(10)16/h3-7,12H,1-2H3,(H,17,21)(H,22,23). The zero-order valence-corrected chi connectivity index (χ0v) is 13.1. The van der Waals surface area contributed by atoms with E-state index in [2.05, 4.69) is 15.6 Å². The van der Waals surface area contributed by atoms with Gasteiger partial charge in [-0.15, -0.1) is 5.10 Å². The summed E-state index contributed by atoms with van der Waals surface area (Å²) in [5.74, 6) is -2.87. The lowest BCUT2D eigenvalue weighted by Gasteiger charge is -2.16. The monoisotopic (exact) mass is 340 g/mol. The first kappa shape index (κ1) is 16.9. The van der Waals surface area contributed by atoms with Crippen LogP contribution < -0.4 is 5.32 Å². The van der Waals surface area contributed by atoms with Gasteiger partial charge in [-0.1, -0.05) is 36.7 Å². The molecule has 122 valence electrons. The third-order valence-electron chi connectivity index (χ3n) is 3.12. The van der Waals surface area contributed by atoms with Gasteiger partial charge in [-0.3, -0.25) is 4.79 Å². The highest BCUT2D eigenvalue weighted by atomic mass is 35.5. The smallest absolute Gasteiger partial charge is 0.326 e. The largest absolute Gasteiger partial charge is 0.480 e. The van der Waals surface area contributed by atoms with E-state index in [9.17, 15) is 14.0 Å². The number of amides is 1. The number of nitrogens with zero attached hydrogens (tertiary/aromatic N) is 3. The Morgan fingerprint density at radius 1 is 1.39 bits per heavy atom. The van der Waals surface area contributed by atoms with Crippen LogP contribution in [0.5, 0.6) is 0 Å². The molecule has 0 aliphatic rings. The Hall–Kier alpha value is -2.48. The van der Waals surface area contributed by atoms with Crippen molar-refractivity contribution in [2.24, 2.45) is 5.92 Å². The molecule has 0 bridgehead atoms. The maximum absolute atomic E-state index is 13.9. The second kappa shape index (κ2) is 6.74. The Morgan fingerprint density at radius 3 is 2.70 bits per heavy atom. The maximum Gasteiger partial charge on any atom is 0.326 e. The molecule has 1 amide bonds. The van der Waals surface area contributed by atoms with Gasteiger partial charge in [0, 0.05) is 0 Å². The zero-order chi connectivity index (χ0) is 17.1. The molecular formula is C14H14ClFN4O3. The van der Waals surface area contributed by atoms with Gasteiger partial charge in [-0.05, 0) is 18.1 Å². The summed E-state index contributed by atoms with van der Waals surface area (Å²) in [7, 11) is 0. The first-order valence-corrected chi connectivity index (χ1v) is 7.09. The molecule has 0 saturated heterocycles.